The zero-order chi connectivity index (χ0) is 21.7. The summed E-state index contributed by atoms with van der Waals surface area (Å²) in [4.78, 5) is 51.2. The number of hydrogen-bond donors (Lipinski definition) is 1. The molecule has 0 aliphatic carbocycles. The Balaban J connectivity index is 1.68. The summed E-state index contributed by atoms with van der Waals surface area (Å²) in [5.41, 5.74) is 0.967. The second-order valence-electron chi connectivity index (χ2n) is 6.49. The van der Waals surface area contributed by atoms with Crippen molar-refractivity contribution in [3.63, 3.8) is 0 Å². The van der Waals surface area contributed by atoms with Crippen molar-refractivity contribution in [3.8, 4) is 0 Å². The van der Waals surface area contributed by atoms with Gasteiger partial charge in [-0.3, -0.25) is 19.3 Å². The Kier molecular flexibility index (Phi) is 7.12. The maximum absolute atomic E-state index is 12.7. The van der Waals surface area contributed by atoms with Gasteiger partial charge >= 0.3 is 5.97 Å². The molecule has 3 rings (SSSR count). The second-order valence-corrected chi connectivity index (χ2v) is 7.91. The lowest BCUT2D eigenvalue weighted by molar-refractivity contribution is -0.151. The Bertz CT molecular complexity index is 962. The minimum atomic E-state index is -1.11. The number of ether oxygens (including phenoxy) is 1. The predicted molar refractivity (Wildman–Crippen MR) is 115 cm³/mol. The van der Waals surface area contributed by atoms with Crippen molar-refractivity contribution >= 4 is 52.7 Å². The zero-order valence-electron chi connectivity index (χ0n) is 16.1. The third-order valence-corrected chi connectivity index (χ3v) is 5.34. The van der Waals surface area contributed by atoms with Crippen LogP contribution in [0.15, 0.2) is 48.5 Å². The van der Waals surface area contributed by atoms with Crippen LogP contribution in [0.5, 0.6) is 0 Å². The first-order valence-electron chi connectivity index (χ1n) is 9.10. The molecule has 1 heterocycles. The maximum Gasteiger partial charge on any atom is 0.329 e. The lowest BCUT2D eigenvalue weighted by atomic mass is 10.1. The van der Waals surface area contributed by atoms with E-state index in [9.17, 15) is 19.2 Å². The number of rotatable bonds is 8. The van der Waals surface area contributed by atoms with Crippen LogP contribution in [0.1, 0.15) is 27.1 Å². The number of halogens is 1. The van der Waals surface area contributed by atoms with Crippen LogP contribution < -0.4 is 5.32 Å². The van der Waals surface area contributed by atoms with Gasteiger partial charge in [-0.05, 0) is 48.8 Å². The number of fused-ring (bicyclic) bond motifs is 1. The largest absolute Gasteiger partial charge is 0.454 e. The molecule has 0 saturated carbocycles. The van der Waals surface area contributed by atoms with E-state index in [1.54, 1.807) is 48.5 Å². The molecule has 9 heteroatoms. The van der Waals surface area contributed by atoms with Gasteiger partial charge in [0.15, 0.2) is 6.61 Å². The van der Waals surface area contributed by atoms with Crippen molar-refractivity contribution in [3.05, 3.63) is 64.7 Å². The number of hydrogen-bond acceptors (Lipinski definition) is 6. The molecule has 7 nitrogen and oxygen atoms in total. The predicted octanol–water partition coefficient (Wildman–Crippen LogP) is 3.24. The topological polar surface area (TPSA) is 92.8 Å². The molecule has 0 radical (unpaired) electrons. The third-order valence-electron chi connectivity index (χ3n) is 4.46. The highest BCUT2D eigenvalue weighted by Gasteiger charge is 2.43. The van der Waals surface area contributed by atoms with Crippen LogP contribution in [-0.4, -0.2) is 53.2 Å². The van der Waals surface area contributed by atoms with Gasteiger partial charge in [0.05, 0.1) is 11.1 Å². The molecule has 1 atom stereocenters. The number of esters is 1. The molecule has 30 heavy (non-hydrogen) atoms. The molecule has 3 amide bonds. The molecule has 156 valence electrons. The molecule has 0 bridgehead atoms. The molecule has 0 spiro atoms. The molecule has 1 N–H and O–H groups in total. The Morgan fingerprint density at radius 2 is 1.77 bits per heavy atom. The van der Waals surface area contributed by atoms with Gasteiger partial charge in [0, 0.05) is 10.7 Å². The second kappa shape index (κ2) is 9.77. The number of anilines is 1. The van der Waals surface area contributed by atoms with Crippen LogP contribution >= 0.6 is 23.4 Å². The fourth-order valence-electron chi connectivity index (χ4n) is 3.07. The van der Waals surface area contributed by atoms with Crippen LogP contribution in [0.2, 0.25) is 5.02 Å². The summed E-state index contributed by atoms with van der Waals surface area (Å²) >= 11 is 7.35. The van der Waals surface area contributed by atoms with Crippen molar-refractivity contribution in [2.75, 3.05) is 23.9 Å². The van der Waals surface area contributed by atoms with E-state index in [1.165, 1.54) is 11.8 Å². The van der Waals surface area contributed by atoms with Crippen LogP contribution in [0.3, 0.4) is 0 Å². The summed E-state index contributed by atoms with van der Waals surface area (Å²) in [6, 6.07) is 11.8. The Morgan fingerprint density at radius 1 is 1.10 bits per heavy atom. The first-order valence-corrected chi connectivity index (χ1v) is 10.9. The van der Waals surface area contributed by atoms with Gasteiger partial charge < -0.3 is 10.1 Å². The quantitative estimate of drug-likeness (QED) is 0.494. The van der Waals surface area contributed by atoms with Gasteiger partial charge in [-0.15, -0.1) is 0 Å². The van der Waals surface area contributed by atoms with Crippen molar-refractivity contribution in [1.29, 1.82) is 0 Å². The number of carbonyl (C=O) groups excluding carboxylic acids is 4. The van der Waals surface area contributed by atoms with E-state index < -0.39 is 36.3 Å². The van der Waals surface area contributed by atoms with Crippen LogP contribution in [-0.2, 0) is 14.3 Å². The summed E-state index contributed by atoms with van der Waals surface area (Å²) in [7, 11) is 0. The van der Waals surface area contributed by atoms with Crippen molar-refractivity contribution in [2.24, 2.45) is 0 Å². The Hall–Kier alpha value is -2.84. The fourth-order valence-corrected chi connectivity index (χ4v) is 3.72. The van der Waals surface area contributed by atoms with E-state index in [1.807, 2.05) is 6.26 Å². The smallest absolute Gasteiger partial charge is 0.329 e. The molecule has 0 unspecified atom stereocenters. The zero-order valence-corrected chi connectivity index (χ0v) is 17.7. The van der Waals surface area contributed by atoms with E-state index >= 15 is 0 Å². The number of thioether (sulfide) groups is 1. The summed E-state index contributed by atoms with van der Waals surface area (Å²) in [5, 5.41) is 3.02. The molecule has 0 fully saturated rings. The molecule has 1 aliphatic rings. The number of nitrogens with zero attached hydrogens (tertiary/aromatic N) is 1. The van der Waals surface area contributed by atoms with Gasteiger partial charge in [0.2, 0.25) is 0 Å². The molecular formula is C21H19ClN2O5S. The van der Waals surface area contributed by atoms with Crippen molar-refractivity contribution < 1.29 is 23.9 Å². The molecular weight excluding hydrogens is 428 g/mol. The molecule has 2 aromatic carbocycles. The standard InChI is InChI=1S/C21H19ClN2O5S/c1-30-10-9-17(24-19(26)15-7-2-3-8-16(15)20(24)27)21(28)29-12-18(25)23-14-6-4-5-13(22)11-14/h2-8,11,17H,9-10,12H2,1H3,(H,23,25)/t17-/m0/s1. The van der Waals surface area contributed by atoms with Crippen LogP contribution in [0, 0.1) is 0 Å². The number of benzene rings is 2. The minimum Gasteiger partial charge on any atom is -0.454 e. The van der Waals surface area contributed by atoms with Gasteiger partial charge in [-0.25, -0.2) is 4.79 Å². The van der Waals surface area contributed by atoms with Crippen LogP contribution in [0.25, 0.3) is 0 Å². The van der Waals surface area contributed by atoms with Gasteiger partial charge in [0.1, 0.15) is 6.04 Å². The summed E-state index contributed by atoms with van der Waals surface area (Å²) in [6.07, 6.45) is 2.07. The van der Waals surface area contributed by atoms with E-state index in [-0.39, 0.29) is 17.5 Å². The van der Waals surface area contributed by atoms with Gasteiger partial charge in [0.25, 0.3) is 17.7 Å². The SMILES string of the molecule is CSCC[C@@H](C(=O)OCC(=O)Nc1cccc(Cl)c1)N1C(=O)c2ccccc2C1=O. The Morgan fingerprint density at radius 3 is 2.37 bits per heavy atom. The molecule has 2 aromatic rings. The maximum atomic E-state index is 12.7. The lowest BCUT2D eigenvalue weighted by Crippen LogP contribution is -2.46. The lowest BCUT2D eigenvalue weighted by Gasteiger charge is -2.24. The van der Waals surface area contributed by atoms with E-state index in [0.29, 0.717) is 16.5 Å². The van der Waals surface area contributed by atoms with E-state index in [0.717, 1.165) is 4.90 Å². The van der Waals surface area contributed by atoms with Gasteiger partial charge in [-0.2, -0.15) is 11.8 Å². The highest BCUT2D eigenvalue weighted by atomic mass is 35.5. The monoisotopic (exact) mass is 446 g/mol. The van der Waals surface area contributed by atoms with E-state index in [2.05, 4.69) is 5.32 Å². The Labute approximate surface area is 182 Å². The third kappa shape index (κ3) is 4.83. The summed E-state index contributed by atoms with van der Waals surface area (Å²) < 4.78 is 5.13. The highest BCUT2D eigenvalue weighted by Crippen LogP contribution is 2.26. The molecule has 0 aromatic heterocycles. The van der Waals surface area contributed by atoms with Crippen molar-refractivity contribution in [2.45, 2.75) is 12.5 Å². The average molecular weight is 447 g/mol. The first-order chi connectivity index (χ1) is 14.4. The number of imide groups is 1. The van der Waals surface area contributed by atoms with Crippen LogP contribution in [0.4, 0.5) is 5.69 Å². The normalized spacial score (nSPS) is 13.7. The number of amides is 3. The van der Waals surface area contributed by atoms with E-state index in [4.69, 9.17) is 16.3 Å². The minimum absolute atomic E-state index is 0.224. The first kappa shape index (κ1) is 21.9. The number of nitrogens with one attached hydrogen (secondary N) is 1. The molecule has 1 aliphatic heterocycles. The number of carbonyl (C=O) groups is 4. The van der Waals surface area contributed by atoms with Gasteiger partial charge in [-0.1, -0.05) is 29.8 Å². The summed E-state index contributed by atoms with van der Waals surface area (Å²) in [5.74, 6) is -1.91. The molecule has 0 saturated heterocycles. The highest BCUT2D eigenvalue weighted by molar-refractivity contribution is 7.98. The van der Waals surface area contributed by atoms with Crippen molar-refractivity contribution in [1.82, 2.24) is 4.90 Å². The summed E-state index contributed by atoms with van der Waals surface area (Å²) in [6.45, 7) is -0.551. The fraction of sp³-hybridized carbons (Fsp3) is 0.238. The average Bonchev–Trinajstić information content (AvgIpc) is 2.98.